The van der Waals surface area contributed by atoms with Crippen molar-refractivity contribution in [3.63, 3.8) is 0 Å². The standard InChI is InChI=1S/C17H25NO2S/c1-11-8-12(2)17(14(9-11)18-3)21-13-4-5-15-16(10-13)20-7-6-19-15/h4-5,10-12,14,17-18H,6-9H2,1-3H3. The van der Waals surface area contributed by atoms with Crippen LogP contribution in [0.2, 0.25) is 0 Å². The van der Waals surface area contributed by atoms with Crippen molar-refractivity contribution in [2.75, 3.05) is 20.3 Å². The van der Waals surface area contributed by atoms with Crippen LogP contribution in [0.4, 0.5) is 0 Å². The van der Waals surface area contributed by atoms with Gasteiger partial charge in [-0.1, -0.05) is 13.8 Å². The SMILES string of the molecule is CNC1CC(C)CC(C)C1Sc1ccc2c(c1)OCCO2. The second-order valence-electron chi connectivity index (χ2n) is 6.34. The summed E-state index contributed by atoms with van der Waals surface area (Å²) >= 11 is 1.98. The van der Waals surface area contributed by atoms with Gasteiger partial charge in [0.1, 0.15) is 13.2 Å². The fourth-order valence-corrected chi connectivity index (χ4v) is 4.95. The third-order valence-electron chi connectivity index (χ3n) is 4.54. The van der Waals surface area contributed by atoms with E-state index in [0.29, 0.717) is 24.5 Å². The molecular weight excluding hydrogens is 282 g/mol. The molecule has 0 bridgehead atoms. The van der Waals surface area contributed by atoms with E-state index in [0.717, 1.165) is 23.3 Å². The van der Waals surface area contributed by atoms with Crippen molar-refractivity contribution < 1.29 is 9.47 Å². The predicted molar refractivity (Wildman–Crippen MR) is 87.5 cm³/mol. The number of rotatable bonds is 3. The van der Waals surface area contributed by atoms with Crippen LogP contribution >= 0.6 is 11.8 Å². The summed E-state index contributed by atoms with van der Waals surface area (Å²) in [5, 5.41) is 4.14. The first-order chi connectivity index (χ1) is 10.2. The Morgan fingerprint density at radius 2 is 1.86 bits per heavy atom. The van der Waals surface area contributed by atoms with Gasteiger partial charge in [-0.05, 0) is 49.9 Å². The van der Waals surface area contributed by atoms with Crippen LogP contribution in [0.3, 0.4) is 0 Å². The molecule has 4 heteroatoms. The summed E-state index contributed by atoms with van der Waals surface area (Å²) in [4.78, 5) is 1.28. The maximum absolute atomic E-state index is 5.70. The van der Waals surface area contributed by atoms with E-state index in [1.165, 1.54) is 17.7 Å². The Morgan fingerprint density at radius 3 is 2.62 bits per heavy atom. The van der Waals surface area contributed by atoms with Gasteiger partial charge in [-0.3, -0.25) is 0 Å². The summed E-state index contributed by atoms with van der Waals surface area (Å²) < 4.78 is 11.3. The minimum Gasteiger partial charge on any atom is -0.486 e. The van der Waals surface area contributed by atoms with E-state index < -0.39 is 0 Å². The third-order valence-corrected chi connectivity index (χ3v) is 6.14. The molecule has 3 rings (SSSR count). The molecule has 0 radical (unpaired) electrons. The Bertz CT molecular complexity index is 494. The number of hydrogen-bond donors (Lipinski definition) is 1. The highest BCUT2D eigenvalue weighted by Gasteiger charge is 2.33. The lowest BCUT2D eigenvalue weighted by molar-refractivity contribution is 0.171. The van der Waals surface area contributed by atoms with Gasteiger partial charge in [0, 0.05) is 16.2 Å². The zero-order valence-electron chi connectivity index (χ0n) is 13.1. The first-order valence-corrected chi connectivity index (χ1v) is 8.79. The number of hydrogen-bond acceptors (Lipinski definition) is 4. The Balaban J connectivity index is 1.75. The van der Waals surface area contributed by atoms with Crippen LogP contribution in [0.15, 0.2) is 23.1 Å². The van der Waals surface area contributed by atoms with Crippen molar-refractivity contribution >= 4 is 11.8 Å². The molecular formula is C17H25NO2S. The first kappa shape index (κ1) is 15.0. The number of ether oxygens (including phenoxy) is 2. The molecule has 0 saturated heterocycles. The van der Waals surface area contributed by atoms with E-state index in [9.17, 15) is 0 Å². The summed E-state index contributed by atoms with van der Waals surface area (Å²) in [7, 11) is 2.09. The normalized spacial score (nSPS) is 32.0. The maximum atomic E-state index is 5.70. The van der Waals surface area contributed by atoms with Gasteiger partial charge in [-0.25, -0.2) is 0 Å². The van der Waals surface area contributed by atoms with Gasteiger partial charge >= 0.3 is 0 Å². The molecule has 1 aromatic rings. The fourth-order valence-electron chi connectivity index (χ4n) is 3.56. The van der Waals surface area contributed by atoms with Crippen molar-refractivity contribution in [2.24, 2.45) is 11.8 Å². The van der Waals surface area contributed by atoms with Gasteiger partial charge in [0.15, 0.2) is 11.5 Å². The minimum atomic E-state index is 0.585. The Kier molecular flexibility index (Phi) is 4.65. The average molecular weight is 307 g/mol. The molecule has 0 amide bonds. The van der Waals surface area contributed by atoms with Crippen molar-refractivity contribution in [2.45, 2.75) is 42.9 Å². The highest BCUT2D eigenvalue weighted by atomic mass is 32.2. The summed E-state index contributed by atoms with van der Waals surface area (Å²) in [5.74, 6) is 3.31. The van der Waals surface area contributed by atoms with Gasteiger partial charge in [0.2, 0.25) is 0 Å². The van der Waals surface area contributed by atoms with Crippen LogP contribution < -0.4 is 14.8 Å². The number of fused-ring (bicyclic) bond motifs is 1. The van der Waals surface area contributed by atoms with E-state index in [4.69, 9.17) is 9.47 Å². The van der Waals surface area contributed by atoms with Crippen LogP contribution in [-0.2, 0) is 0 Å². The molecule has 0 spiro atoms. The lowest BCUT2D eigenvalue weighted by Gasteiger charge is -2.39. The first-order valence-electron chi connectivity index (χ1n) is 7.91. The highest BCUT2D eigenvalue weighted by molar-refractivity contribution is 8.00. The molecule has 0 aromatic heterocycles. The number of nitrogens with one attached hydrogen (secondary N) is 1. The number of benzene rings is 1. The van der Waals surface area contributed by atoms with Crippen LogP contribution in [0, 0.1) is 11.8 Å². The molecule has 1 fully saturated rings. The molecule has 4 unspecified atom stereocenters. The van der Waals surface area contributed by atoms with Gasteiger partial charge in [-0.15, -0.1) is 11.8 Å². The molecule has 116 valence electrons. The topological polar surface area (TPSA) is 30.5 Å². The van der Waals surface area contributed by atoms with Crippen molar-refractivity contribution in [3.05, 3.63) is 18.2 Å². The van der Waals surface area contributed by atoms with E-state index in [1.54, 1.807) is 0 Å². The summed E-state index contributed by atoms with van der Waals surface area (Å²) in [5.41, 5.74) is 0. The van der Waals surface area contributed by atoms with Crippen molar-refractivity contribution in [1.29, 1.82) is 0 Å². The summed E-state index contributed by atoms with van der Waals surface area (Å²) in [6.45, 7) is 6.05. The van der Waals surface area contributed by atoms with E-state index in [1.807, 2.05) is 17.8 Å². The van der Waals surface area contributed by atoms with Crippen molar-refractivity contribution in [3.8, 4) is 11.5 Å². The van der Waals surface area contributed by atoms with Gasteiger partial charge in [-0.2, -0.15) is 0 Å². The quantitative estimate of drug-likeness (QED) is 0.925. The van der Waals surface area contributed by atoms with Crippen LogP contribution in [0.1, 0.15) is 26.7 Å². The third kappa shape index (κ3) is 3.32. The van der Waals surface area contributed by atoms with Gasteiger partial charge in [0.25, 0.3) is 0 Å². The molecule has 1 aliphatic heterocycles. The maximum Gasteiger partial charge on any atom is 0.162 e. The largest absolute Gasteiger partial charge is 0.486 e. The number of thioether (sulfide) groups is 1. The molecule has 4 atom stereocenters. The molecule has 2 aliphatic rings. The molecule has 1 saturated carbocycles. The summed E-state index contributed by atoms with van der Waals surface area (Å²) in [6, 6.07) is 6.93. The van der Waals surface area contributed by atoms with Crippen LogP contribution in [-0.4, -0.2) is 31.6 Å². The Hall–Kier alpha value is -0.870. The van der Waals surface area contributed by atoms with E-state index >= 15 is 0 Å². The molecule has 1 heterocycles. The molecule has 1 aromatic carbocycles. The molecule has 1 aliphatic carbocycles. The predicted octanol–water partition coefficient (Wildman–Crippen LogP) is 3.57. The summed E-state index contributed by atoms with van der Waals surface area (Å²) in [6.07, 6.45) is 2.59. The van der Waals surface area contributed by atoms with Gasteiger partial charge < -0.3 is 14.8 Å². The monoisotopic (exact) mass is 307 g/mol. The highest BCUT2D eigenvalue weighted by Crippen LogP contribution is 2.42. The molecule has 3 nitrogen and oxygen atoms in total. The van der Waals surface area contributed by atoms with Crippen LogP contribution in [0.5, 0.6) is 11.5 Å². The Morgan fingerprint density at radius 1 is 1.10 bits per heavy atom. The molecule has 1 N–H and O–H groups in total. The zero-order valence-corrected chi connectivity index (χ0v) is 13.9. The molecule has 21 heavy (non-hydrogen) atoms. The second kappa shape index (κ2) is 6.49. The minimum absolute atomic E-state index is 0.585. The Labute approximate surface area is 131 Å². The second-order valence-corrected chi connectivity index (χ2v) is 7.59. The fraction of sp³-hybridized carbons (Fsp3) is 0.647. The smallest absolute Gasteiger partial charge is 0.162 e. The van der Waals surface area contributed by atoms with E-state index in [2.05, 4.69) is 38.3 Å². The average Bonchev–Trinajstić information content (AvgIpc) is 2.49. The van der Waals surface area contributed by atoms with Crippen LogP contribution in [0.25, 0.3) is 0 Å². The lowest BCUT2D eigenvalue weighted by atomic mass is 9.80. The zero-order chi connectivity index (χ0) is 14.8. The van der Waals surface area contributed by atoms with E-state index in [-0.39, 0.29) is 0 Å². The van der Waals surface area contributed by atoms with Crippen molar-refractivity contribution in [1.82, 2.24) is 5.32 Å². The van der Waals surface area contributed by atoms with Gasteiger partial charge in [0.05, 0.1) is 0 Å². The lowest BCUT2D eigenvalue weighted by Crippen LogP contribution is -2.44.